The van der Waals surface area contributed by atoms with Gasteiger partial charge in [0.15, 0.2) is 0 Å². The summed E-state index contributed by atoms with van der Waals surface area (Å²) in [5.74, 6) is 0. The highest BCUT2D eigenvalue weighted by Gasteiger charge is 2.60. The smallest absolute Gasteiger partial charge is 0.353 e. The maximum Gasteiger partial charge on any atom is 0.423 e. The lowest BCUT2D eigenvalue weighted by molar-refractivity contribution is -0.343. The van der Waals surface area contributed by atoms with Gasteiger partial charge in [0.2, 0.25) is 6.10 Å². The molecule has 17 heavy (non-hydrogen) atoms. The second-order valence-electron chi connectivity index (χ2n) is 4.18. The first-order chi connectivity index (χ1) is 7.61. The molecule has 8 heteroatoms. The fraction of sp³-hybridized carbons (Fsp3) is 1.00. The molecule has 2 N–H and O–H groups in total. The van der Waals surface area contributed by atoms with Crippen LogP contribution < -0.4 is 5.73 Å². The van der Waals surface area contributed by atoms with Crippen LogP contribution in [-0.2, 0) is 4.74 Å². The summed E-state index contributed by atoms with van der Waals surface area (Å²) < 4.78 is 78.0. The lowest BCUT2D eigenvalue weighted by Gasteiger charge is -2.34. The lowest BCUT2D eigenvalue weighted by Crippen LogP contribution is -2.52. The second kappa shape index (κ2) is 4.64. The molecule has 0 spiro atoms. The van der Waals surface area contributed by atoms with E-state index in [9.17, 15) is 26.3 Å². The van der Waals surface area contributed by atoms with Crippen molar-refractivity contribution in [3.63, 3.8) is 0 Å². The van der Waals surface area contributed by atoms with Crippen LogP contribution in [0.25, 0.3) is 0 Å². The highest BCUT2D eigenvalue weighted by atomic mass is 19.4. The minimum absolute atomic E-state index is 0.131. The van der Waals surface area contributed by atoms with Gasteiger partial charge in [0, 0.05) is 6.54 Å². The van der Waals surface area contributed by atoms with Crippen molar-refractivity contribution < 1.29 is 31.1 Å². The zero-order chi connectivity index (χ0) is 13.3. The zero-order valence-electron chi connectivity index (χ0n) is 8.87. The standard InChI is InChI=1S/C9H13F6NO/c10-8(11,12)6(9(13,14)15)17-7(5-16)3-1-2-4-7/h6H,1-5,16H2. The molecule has 0 saturated heterocycles. The van der Waals surface area contributed by atoms with Gasteiger partial charge in [0.1, 0.15) is 0 Å². The van der Waals surface area contributed by atoms with Gasteiger partial charge < -0.3 is 10.5 Å². The molecule has 0 unspecified atom stereocenters. The predicted molar refractivity (Wildman–Crippen MR) is 47.2 cm³/mol. The molecule has 1 fully saturated rings. The summed E-state index contributed by atoms with van der Waals surface area (Å²) >= 11 is 0. The first-order valence-electron chi connectivity index (χ1n) is 5.12. The molecule has 102 valence electrons. The average Bonchev–Trinajstić information content (AvgIpc) is 2.60. The monoisotopic (exact) mass is 265 g/mol. The van der Waals surface area contributed by atoms with E-state index in [0.29, 0.717) is 12.8 Å². The van der Waals surface area contributed by atoms with E-state index in [2.05, 4.69) is 4.74 Å². The van der Waals surface area contributed by atoms with Gasteiger partial charge in [-0.05, 0) is 12.8 Å². The van der Waals surface area contributed by atoms with Gasteiger partial charge in [-0.1, -0.05) is 12.8 Å². The maximum atomic E-state index is 12.3. The van der Waals surface area contributed by atoms with Gasteiger partial charge in [-0.15, -0.1) is 0 Å². The van der Waals surface area contributed by atoms with Crippen molar-refractivity contribution in [2.75, 3.05) is 6.54 Å². The van der Waals surface area contributed by atoms with Gasteiger partial charge in [0.25, 0.3) is 0 Å². The molecule has 1 saturated carbocycles. The topological polar surface area (TPSA) is 35.2 Å². The van der Waals surface area contributed by atoms with Crippen molar-refractivity contribution in [2.45, 2.75) is 49.7 Å². The van der Waals surface area contributed by atoms with E-state index in [1.165, 1.54) is 0 Å². The SMILES string of the molecule is NCC1(OC(C(F)(F)F)C(F)(F)F)CCCC1. The third-order valence-electron chi connectivity index (χ3n) is 2.85. The Balaban J connectivity index is 2.86. The molecular weight excluding hydrogens is 252 g/mol. The fourth-order valence-electron chi connectivity index (χ4n) is 1.96. The molecule has 0 radical (unpaired) electrons. The first kappa shape index (κ1) is 14.6. The van der Waals surface area contributed by atoms with Crippen molar-refractivity contribution in [2.24, 2.45) is 5.73 Å². The van der Waals surface area contributed by atoms with Crippen molar-refractivity contribution in [3.05, 3.63) is 0 Å². The molecule has 0 aromatic carbocycles. The molecule has 0 amide bonds. The molecule has 1 aliphatic rings. The number of alkyl halides is 6. The van der Waals surface area contributed by atoms with Crippen molar-refractivity contribution in [3.8, 4) is 0 Å². The summed E-state index contributed by atoms with van der Waals surface area (Å²) in [5, 5.41) is 0. The van der Waals surface area contributed by atoms with Crippen LogP contribution in [0, 0.1) is 0 Å². The van der Waals surface area contributed by atoms with Crippen LogP contribution in [0.4, 0.5) is 26.3 Å². The van der Waals surface area contributed by atoms with Crippen LogP contribution in [0.15, 0.2) is 0 Å². The first-order valence-corrected chi connectivity index (χ1v) is 5.12. The summed E-state index contributed by atoms with van der Waals surface area (Å²) in [6, 6.07) is 0. The molecule has 0 aromatic rings. The van der Waals surface area contributed by atoms with E-state index in [4.69, 9.17) is 5.73 Å². The Bertz CT molecular complexity index is 241. The van der Waals surface area contributed by atoms with Crippen LogP contribution in [0.1, 0.15) is 25.7 Å². The minimum atomic E-state index is -5.47. The third-order valence-corrected chi connectivity index (χ3v) is 2.85. The van der Waals surface area contributed by atoms with Gasteiger partial charge in [-0.2, -0.15) is 26.3 Å². The maximum absolute atomic E-state index is 12.3. The van der Waals surface area contributed by atoms with Gasteiger partial charge >= 0.3 is 12.4 Å². The van der Waals surface area contributed by atoms with E-state index >= 15 is 0 Å². The van der Waals surface area contributed by atoms with E-state index < -0.39 is 24.1 Å². The molecule has 0 heterocycles. The molecule has 0 aliphatic heterocycles. The summed E-state index contributed by atoms with van der Waals surface area (Å²) in [6.45, 7) is -0.338. The third kappa shape index (κ3) is 3.48. The quantitative estimate of drug-likeness (QED) is 0.796. The van der Waals surface area contributed by atoms with Crippen molar-refractivity contribution >= 4 is 0 Å². The molecule has 2 nitrogen and oxygen atoms in total. The molecular formula is C9H13F6NO. The minimum Gasteiger partial charge on any atom is -0.353 e. The lowest BCUT2D eigenvalue weighted by atomic mass is 10.0. The summed E-state index contributed by atoms with van der Waals surface area (Å²) in [4.78, 5) is 0. The Kier molecular flexibility index (Phi) is 3.97. The normalized spacial score (nSPS) is 21.2. The number of hydrogen-bond acceptors (Lipinski definition) is 2. The van der Waals surface area contributed by atoms with Crippen molar-refractivity contribution in [1.82, 2.24) is 0 Å². The number of rotatable bonds is 3. The predicted octanol–water partition coefficient (Wildman–Crippen LogP) is 2.77. The Morgan fingerprint density at radius 3 is 1.71 bits per heavy atom. The Labute approximate surface area is 94.1 Å². The Hall–Kier alpha value is -0.500. The summed E-state index contributed by atoms with van der Waals surface area (Å²) in [6.07, 6.45) is -13.4. The molecule has 0 atom stereocenters. The average molecular weight is 265 g/mol. The van der Waals surface area contributed by atoms with Crippen LogP contribution >= 0.6 is 0 Å². The molecule has 0 bridgehead atoms. The summed E-state index contributed by atoms with van der Waals surface area (Å²) in [7, 11) is 0. The van der Waals surface area contributed by atoms with E-state index in [1.807, 2.05) is 0 Å². The molecule has 1 aliphatic carbocycles. The van der Waals surface area contributed by atoms with E-state index in [0.717, 1.165) is 0 Å². The van der Waals surface area contributed by atoms with E-state index in [-0.39, 0.29) is 19.4 Å². The van der Waals surface area contributed by atoms with Crippen LogP contribution in [0.3, 0.4) is 0 Å². The van der Waals surface area contributed by atoms with Gasteiger partial charge in [0.05, 0.1) is 5.60 Å². The van der Waals surface area contributed by atoms with E-state index in [1.54, 1.807) is 0 Å². The Morgan fingerprint density at radius 1 is 1.00 bits per heavy atom. The number of halogens is 6. The number of nitrogens with two attached hydrogens (primary N) is 1. The largest absolute Gasteiger partial charge is 0.423 e. The van der Waals surface area contributed by atoms with Crippen LogP contribution in [0.2, 0.25) is 0 Å². The highest BCUT2D eigenvalue weighted by Crippen LogP contribution is 2.42. The molecule has 1 rings (SSSR count). The second-order valence-corrected chi connectivity index (χ2v) is 4.18. The Morgan fingerprint density at radius 2 is 1.41 bits per heavy atom. The fourth-order valence-corrected chi connectivity index (χ4v) is 1.96. The van der Waals surface area contributed by atoms with Gasteiger partial charge in [-0.3, -0.25) is 0 Å². The van der Waals surface area contributed by atoms with Gasteiger partial charge in [-0.25, -0.2) is 0 Å². The zero-order valence-corrected chi connectivity index (χ0v) is 8.87. The van der Waals surface area contributed by atoms with Crippen LogP contribution in [0.5, 0.6) is 0 Å². The van der Waals surface area contributed by atoms with Crippen LogP contribution in [-0.4, -0.2) is 30.6 Å². The highest BCUT2D eigenvalue weighted by molar-refractivity contribution is 4.91. The molecule has 0 aromatic heterocycles. The number of ether oxygens (including phenoxy) is 1. The number of hydrogen-bond donors (Lipinski definition) is 1. The van der Waals surface area contributed by atoms with Crippen molar-refractivity contribution in [1.29, 1.82) is 0 Å². The summed E-state index contributed by atoms with van der Waals surface area (Å²) in [5.41, 5.74) is 3.75.